The number of nitrogens with zero attached hydrogens (tertiary/aromatic N) is 3. The minimum absolute atomic E-state index is 0.0171. The Balaban J connectivity index is 1.76. The Hall–Kier alpha value is -2.15. The number of non-ortho nitro benzene ring substituents is 1. The zero-order valence-corrected chi connectivity index (χ0v) is 13.4. The Morgan fingerprint density at radius 2 is 1.96 bits per heavy atom. The van der Waals surface area contributed by atoms with Crippen molar-refractivity contribution in [3.63, 3.8) is 0 Å². The molecule has 0 aromatic heterocycles. The van der Waals surface area contributed by atoms with Crippen LogP contribution in [0.1, 0.15) is 31.2 Å². The van der Waals surface area contributed by atoms with E-state index >= 15 is 0 Å². The second-order valence-electron chi connectivity index (χ2n) is 5.56. The topological polar surface area (TPSA) is 75.8 Å². The normalized spacial score (nSPS) is 20.5. The number of nitro groups is 1. The van der Waals surface area contributed by atoms with Gasteiger partial charge in [0.25, 0.3) is 11.6 Å². The van der Waals surface area contributed by atoms with Gasteiger partial charge in [0.2, 0.25) is 0 Å². The number of thioether (sulfide) groups is 1. The van der Waals surface area contributed by atoms with Crippen molar-refractivity contribution in [2.75, 3.05) is 13.1 Å². The van der Waals surface area contributed by atoms with E-state index < -0.39 is 4.92 Å². The van der Waals surface area contributed by atoms with Crippen molar-refractivity contribution in [3.8, 4) is 0 Å². The summed E-state index contributed by atoms with van der Waals surface area (Å²) in [6.45, 7) is 1.87. The highest BCUT2D eigenvalue weighted by molar-refractivity contribution is 8.18. The Labute approximate surface area is 138 Å². The summed E-state index contributed by atoms with van der Waals surface area (Å²) in [6.07, 6.45) is 6.36. The third kappa shape index (κ3) is 3.79. The summed E-state index contributed by atoms with van der Waals surface area (Å²) >= 11 is 1.36. The van der Waals surface area contributed by atoms with Crippen molar-refractivity contribution in [1.29, 1.82) is 0 Å². The monoisotopic (exact) mass is 331 g/mol. The first-order valence-corrected chi connectivity index (χ1v) is 8.47. The van der Waals surface area contributed by atoms with Gasteiger partial charge in [0.1, 0.15) is 0 Å². The highest BCUT2D eigenvalue weighted by Gasteiger charge is 2.26. The number of amides is 1. The third-order valence-electron chi connectivity index (χ3n) is 3.86. The summed E-state index contributed by atoms with van der Waals surface area (Å²) in [5.74, 6) is -0.263. The molecule has 2 aliphatic heterocycles. The van der Waals surface area contributed by atoms with Gasteiger partial charge in [0.05, 0.1) is 9.83 Å². The van der Waals surface area contributed by atoms with Crippen LogP contribution in [0.2, 0.25) is 0 Å². The molecule has 7 heteroatoms. The number of carbonyl (C=O) groups excluding carboxylic acids is 1. The first kappa shape index (κ1) is 15.7. The van der Waals surface area contributed by atoms with Crippen molar-refractivity contribution >= 4 is 34.6 Å². The zero-order valence-electron chi connectivity index (χ0n) is 12.6. The summed E-state index contributed by atoms with van der Waals surface area (Å²) in [5, 5.41) is 11.6. The molecule has 0 N–H and O–H groups in total. The van der Waals surface area contributed by atoms with Crippen LogP contribution >= 0.6 is 11.8 Å². The number of aliphatic imine (C=N–C) groups is 1. The number of likely N-dealkylation sites (tertiary alicyclic amines) is 1. The number of benzene rings is 1. The molecule has 1 saturated heterocycles. The van der Waals surface area contributed by atoms with Crippen molar-refractivity contribution < 1.29 is 9.72 Å². The minimum atomic E-state index is -0.440. The van der Waals surface area contributed by atoms with Crippen LogP contribution in [0, 0.1) is 10.1 Å². The van der Waals surface area contributed by atoms with E-state index in [-0.39, 0.29) is 11.6 Å². The molecular formula is C16H17N3O3S. The van der Waals surface area contributed by atoms with Crippen LogP contribution in [0.4, 0.5) is 5.69 Å². The lowest BCUT2D eigenvalue weighted by atomic mass is 10.2. The van der Waals surface area contributed by atoms with Crippen molar-refractivity contribution in [1.82, 2.24) is 4.90 Å². The van der Waals surface area contributed by atoms with Gasteiger partial charge in [-0.2, -0.15) is 4.99 Å². The smallest absolute Gasteiger partial charge is 0.286 e. The van der Waals surface area contributed by atoms with Crippen LogP contribution in [0.15, 0.2) is 34.2 Å². The molecule has 0 aliphatic carbocycles. The van der Waals surface area contributed by atoms with Gasteiger partial charge in [-0.15, -0.1) is 0 Å². The van der Waals surface area contributed by atoms with Gasteiger partial charge in [0, 0.05) is 25.2 Å². The lowest BCUT2D eigenvalue weighted by molar-refractivity contribution is -0.384. The standard InChI is InChI=1S/C16H17N3O3S/c20-15-14(11-12-6-5-7-13(10-12)19(21)22)23-16(17-15)18-8-3-1-2-4-9-18/h5-7,10-11H,1-4,8-9H2. The highest BCUT2D eigenvalue weighted by atomic mass is 32.2. The van der Waals surface area contributed by atoms with Gasteiger partial charge in [0.15, 0.2) is 5.17 Å². The molecule has 1 fully saturated rings. The number of amidine groups is 1. The van der Waals surface area contributed by atoms with Gasteiger partial charge in [-0.05, 0) is 36.2 Å². The Bertz CT molecular complexity index is 692. The van der Waals surface area contributed by atoms with E-state index in [0.29, 0.717) is 10.5 Å². The fourth-order valence-corrected chi connectivity index (χ4v) is 3.64. The van der Waals surface area contributed by atoms with Gasteiger partial charge < -0.3 is 4.90 Å². The molecule has 0 saturated carbocycles. The lowest BCUT2D eigenvalue weighted by Crippen LogP contribution is -2.28. The van der Waals surface area contributed by atoms with E-state index in [1.807, 2.05) is 0 Å². The minimum Gasteiger partial charge on any atom is -0.351 e. The maximum absolute atomic E-state index is 12.1. The second-order valence-corrected chi connectivity index (χ2v) is 6.57. The molecule has 6 nitrogen and oxygen atoms in total. The maximum Gasteiger partial charge on any atom is 0.286 e. The van der Waals surface area contributed by atoms with Crippen LogP contribution in [0.3, 0.4) is 0 Å². The largest absolute Gasteiger partial charge is 0.351 e. The van der Waals surface area contributed by atoms with Gasteiger partial charge in [-0.25, -0.2) is 0 Å². The van der Waals surface area contributed by atoms with E-state index in [4.69, 9.17) is 0 Å². The molecule has 0 spiro atoms. The molecule has 120 valence electrons. The molecule has 1 aromatic carbocycles. The van der Waals surface area contributed by atoms with Gasteiger partial charge in [-0.1, -0.05) is 25.0 Å². The van der Waals surface area contributed by atoms with Crippen LogP contribution in [0.25, 0.3) is 6.08 Å². The van der Waals surface area contributed by atoms with E-state index in [1.54, 1.807) is 18.2 Å². The molecule has 23 heavy (non-hydrogen) atoms. The number of carbonyl (C=O) groups is 1. The summed E-state index contributed by atoms with van der Waals surface area (Å²) in [7, 11) is 0. The summed E-state index contributed by atoms with van der Waals surface area (Å²) in [5.41, 5.74) is 0.658. The van der Waals surface area contributed by atoms with Crippen LogP contribution in [-0.2, 0) is 4.79 Å². The maximum atomic E-state index is 12.1. The molecule has 0 unspecified atom stereocenters. The van der Waals surface area contributed by atoms with E-state index in [2.05, 4.69) is 9.89 Å². The highest BCUT2D eigenvalue weighted by Crippen LogP contribution is 2.31. The third-order valence-corrected chi connectivity index (χ3v) is 4.91. The summed E-state index contributed by atoms with van der Waals surface area (Å²) in [6, 6.07) is 6.26. The number of hydrogen-bond donors (Lipinski definition) is 0. The fraction of sp³-hybridized carbons (Fsp3) is 0.375. The predicted octanol–water partition coefficient (Wildman–Crippen LogP) is 3.44. The molecule has 2 aliphatic rings. The van der Waals surface area contributed by atoms with Crippen LogP contribution in [0.5, 0.6) is 0 Å². The van der Waals surface area contributed by atoms with Crippen molar-refractivity contribution in [2.45, 2.75) is 25.7 Å². The van der Waals surface area contributed by atoms with E-state index in [0.717, 1.165) is 31.1 Å². The molecular weight excluding hydrogens is 314 g/mol. The van der Waals surface area contributed by atoms with E-state index in [9.17, 15) is 14.9 Å². The fourth-order valence-electron chi connectivity index (χ4n) is 2.67. The Kier molecular flexibility index (Phi) is 4.76. The van der Waals surface area contributed by atoms with Crippen molar-refractivity contribution in [2.24, 2.45) is 4.99 Å². The number of rotatable bonds is 2. The average Bonchev–Trinajstić information content (AvgIpc) is 2.76. The second kappa shape index (κ2) is 6.95. The molecule has 0 radical (unpaired) electrons. The first-order chi connectivity index (χ1) is 11.1. The van der Waals surface area contributed by atoms with Crippen LogP contribution in [-0.4, -0.2) is 34.0 Å². The number of hydrogen-bond acceptors (Lipinski definition) is 5. The zero-order chi connectivity index (χ0) is 16.2. The quantitative estimate of drug-likeness (QED) is 0.471. The van der Waals surface area contributed by atoms with Crippen molar-refractivity contribution in [3.05, 3.63) is 44.8 Å². The predicted molar refractivity (Wildman–Crippen MR) is 91.1 cm³/mol. The SMILES string of the molecule is O=C1N=C(N2CCCCCC2)SC1=Cc1cccc([N+](=O)[O-])c1. The Morgan fingerprint density at radius 3 is 2.65 bits per heavy atom. The molecule has 1 aromatic rings. The summed E-state index contributed by atoms with van der Waals surface area (Å²) in [4.78, 5) is 29.3. The summed E-state index contributed by atoms with van der Waals surface area (Å²) < 4.78 is 0. The average molecular weight is 331 g/mol. The molecule has 2 heterocycles. The van der Waals surface area contributed by atoms with E-state index in [1.165, 1.54) is 36.7 Å². The van der Waals surface area contributed by atoms with Gasteiger partial charge in [-0.3, -0.25) is 14.9 Å². The first-order valence-electron chi connectivity index (χ1n) is 7.65. The van der Waals surface area contributed by atoms with Crippen LogP contribution < -0.4 is 0 Å². The number of nitro benzene ring substituents is 1. The molecule has 1 amide bonds. The molecule has 0 bridgehead atoms. The van der Waals surface area contributed by atoms with Gasteiger partial charge >= 0.3 is 0 Å². The Morgan fingerprint density at radius 1 is 1.22 bits per heavy atom. The molecule has 3 rings (SSSR count). The lowest BCUT2D eigenvalue weighted by Gasteiger charge is -2.20. The molecule has 0 atom stereocenters.